The zero-order valence-corrected chi connectivity index (χ0v) is 10.5. The Morgan fingerprint density at radius 3 is 2.53 bits per heavy atom. The average Bonchev–Trinajstić information content (AvgIpc) is 2.47. The van der Waals surface area contributed by atoms with Crippen molar-refractivity contribution in [1.29, 1.82) is 0 Å². The zero-order valence-electron chi connectivity index (χ0n) is 10.5. The van der Waals surface area contributed by atoms with Gasteiger partial charge in [0.1, 0.15) is 5.82 Å². The molecule has 0 saturated carbocycles. The fourth-order valence-corrected chi connectivity index (χ4v) is 1.36. The number of nitrogens with one attached hydrogen (secondary N) is 1. The summed E-state index contributed by atoms with van der Waals surface area (Å²) in [6, 6.07) is 4.82. The van der Waals surface area contributed by atoms with Crippen molar-refractivity contribution in [3.05, 3.63) is 36.2 Å². The van der Waals surface area contributed by atoms with Crippen LogP contribution in [-0.4, -0.2) is 35.1 Å². The molecule has 0 radical (unpaired) electrons. The maximum atomic E-state index is 11.9. The third kappa shape index (κ3) is 3.15. The van der Waals surface area contributed by atoms with Crippen LogP contribution < -0.4 is 14.8 Å². The van der Waals surface area contributed by atoms with E-state index in [2.05, 4.69) is 20.3 Å². The maximum absolute atomic E-state index is 11.9. The zero-order chi connectivity index (χ0) is 13.7. The number of nitrogens with zero attached hydrogens (tertiary/aromatic N) is 3. The predicted molar refractivity (Wildman–Crippen MR) is 67.3 cm³/mol. The number of anilines is 1. The van der Waals surface area contributed by atoms with Gasteiger partial charge in [-0.05, 0) is 12.1 Å². The first-order chi connectivity index (χ1) is 9.22. The lowest BCUT2D eigenvalue weighted by Crippen LogP contribution is -2.13. The Hall–Kier alpha value is -2.70. The molecule has 0 fully saturated rings. The van der Waals surface area contributed by atoms with Gasteiger partial charge in [-0.25, -0.2) is 0 Å². The minimum Gasteiger partial charge on any atom is -0.481 e. The summed E-state index contributed by atoms with van der Waals surface area (Å²) in [6.07, 6.45) is 3.08. The molecule has 0 unspecified atom stereocenters. The van der Waals surface area contributed by atoms with E-state index in [4.69, 9.17) is 9.47 Å². The van der Waals surface area contributed by atoms with E-state index in [9.17, 15) is 4.79 Å². The smallest absolute Gasteiger partial charge is 0.321 e. The van der Waals surface area contributed by atoms with E-state index in [1.165, 1.54) is 32.7 Å². The second kappa shape index (κ2) is 5.76. The molecule has 1 N–H and O–H groups in total. The molecular formula is C12H12N4O3. The summed E-state index contributed by atoms with van der Waals surface area (Å²) in [4.78, 5) is 23.7. The van der Waals surface area contributed by atoms with Crippen LogP contribution >= 0.6 is 0 Å². The Morgan fingerprint density at radius 1 is 1.16 bits per heavy atom. The van der Waals surface area contributed by atoms with Crippen molar-refractivity contribution in [2.24, 2.45) is 0 Å². The number of carbonyl (C=O) groups excluding carboxylic acids is 1. The first-order valence-corrected chi connectivity index (χ1v) is 5.41. The number of ether oxygens (including phenoxy) is 2. The molecule has 1 amide bonds. The number of methoxy groups -OCH3 is 2. The fraction of sp³-hybridized carbons (Fsp3) is 0.167. The molecule has 2 aromatic rings. The van der Waals surface area contributed by atoms with Crippen LogP contribution in [0.3, 0.4) is 0 Å². The highest BCUT2D eigenvalue weighted by Crippen LogP contribution is 2.17. The van der Waals surface area contributed by atoms with Gasteiger partial charge in [0.2, 0.25) is 5.88 Å². The second-order valence-electron chi connectivity index (χ2n) is 3.47. The van der Waals surface area contributed by atoms with Gasteiger partial charge in [0.25, 0.3) is 5.91 Å². The van der Waals surface area contributed by atoms with Crippen molar-refractivity contribution in [2.75, 3.05) is 19.5 Å². The number of pyridine rings is 1. The number of hydrogen-bond donors (Lipinski definition) is 1. The highest BCUT2D eigenvalue weighted by atomic mass is 16.5. The highest BCUT2D eigenvalue weighted by molar-refractivity contribution is 6.03. The van der Waals surface area contributed by atoms with Crippen LogP contribution in [0.4, 0.5) is 5.82 Å². The topological polar surface area (TPSA) is 86.2 Å². The quantitative estimate of drug-likeness (QED) is 0.887. The van der Waals surface area contributed by atoms with Crippen molar-refractivity contribution in [1.82, 2.24) is 15.0 Å². The monoisotopic (exact) mass is 260 g/mol. The van der Waals surface area contributed by atoms with E-state index in [0.717, 1.165) is 0 Å². The third-order valence-corrected chi connectivity index (χ3v) is 2.26. The molecule has 0 saturated heterocycles. The number of carbonyl (C=O) groups is 1. The Morgan fingerprint density at radius 2 is 1.89 bits per heavy atom. The molecule has 2 rings (SSSR count). The van der Waals surface area contributed by atoms with E-state index in [0.29, 0.717) is 17.3 Å². The van der Waals surface area contributed by atoms with Gasteiger partial charge in [0, 0.05) is 24.0 Å². The van der Waals surface area contributed by atoms with Crippen LogP contribution in [0.5, 0.6) is 11.9 Å². The summed E-state index contributed by atoms with van der Waals surface area (Å²) in [7, 11) is 2.90. The van der Waals surface area contributed by atoms with E-state index in [1.807, 2.05) is 0 Å². The summed E-state index contributed by atoms with van der Waals surface area (Å²) in [5.74, 6) is 0.299. The molecule has 2 heterocycles. The van der Waals surface area contributed by atoms with Crippen LogP contribution in [0.25, 0.3) is 0 Å². The molecule has 0 bridgehead atoms. The standard InChI is InChI=1S/C12H12N4O3/c1-18-10-7-9(15-12(16-10)19-2)14-11(17)8-3-5-13-6-4-8/h3-7H,1-2H3,(H,14,15,16,17). The molecule has 2 aromatic heterocycles. The second-order valence-corrected chi connectivity index (χ2v) is 3.47. The van der Waals surface area contributed by atoms with Crippen LogP contribution in [-0.2, 0) is 0 Å². The molecule has 0 aliphatic heterocycles. The summed E-state index contributed by atoms with van der Waals surface area (Å²) >= 11 is 0. The molecule has 98 valence electrons. The minimum absolute atomic E-state index is 0.115. The van der Waals surface area contributed by atoms with Crippen molar-refractivity contribution >= 4 is 11.7 Å². The normalized spacial score (nSPS) is 9.79. The Balaban J connectivity index is 2.21. The van der Waals surface area contributed by atoms with Crippen LogP contribution in [0.15, 0.2) is 30.6 Å². The van der Waals surface area contributed by atoms with Gasteiger partial charge in [-0.3, -0.25) is 9.78 Å². The van der Waals surface area contributed by atoms with Gasteiger partial charge in [-0.1, -0.05) is 0 Å². The first-order valence-electron chi connectivity index (χ1n) is 5.41. The lowest BCUT2D eigenvalue weighted by atomic mass is 10.2. The fourth-order valence-electron chi connectivity index (χ4n) is 1.36. The van der Waals surface area contributed by atoms with Crippen molar-refractivity contribution < 1.29 is 14.3 Å². The minimum atomic E-state index is -0.301. The van der Waals surface area contributed by atoms with Crippen LogP contribution in [0.1, 0.15) is 10.4 Å². The molecule has 0 spiro atoms. The maximum Gasteiger partial charge on any atom is 0.321 e. The van der Waals surface area contributed by atoms with Crippen LogP contribution in [0.2, 0.25) is 0 Å². The average molecular weight is 260 g/mol. The Bertz CT molecular complexity index is 552. The molecular weight excluding hydrogens is 248 g/mol. The number of aromatic nitrogens is 3. The lowest BCUT2D eigenvalue weighted by molar-refractivity contribution is 0.102. The SMILES string of the molecule is COc1cc(NC(=O)c2ccncc2)nc(OC)n1. The summed E-state index contributed by atoms with van der Waals surface area (Å²) in [6.45, 7) is 0. The van der Waals surface area contributed by atoms with Crippen molar-refractivity contribution in [2.45, 2.75) is 0 Å². The van der Waals surface area contributed by atoms with Crippen molar-refractivity contribution in [3.63, 3.8) is 0 Å². The molecule has 0 atom stereocenters. The van der Waals surface area contributed by atoms with E-state index in [-0.39, 0.29) is 11.9 Å². The van der Waals surface area contributed by atoms with Gasteiger partial charge in [0.15, 0.2) is 0 Å². The van der Waals surface area contributed by atoms with E-state index >= 15 is 0 Å². The highest BCUT2D eigenvalue weighted by Gasteiger charge is 2.10. The number of amides is 1. The van der Waals surface area contributed by atoms with Gasteiger partial charge in [-0.2, -0.15) is 9.97 Å². The Kier molecular flexibility index (Phi) is 3.87. The summed E-state index contributed by atoms with van der Waals surface area (Å²) in [5, 5.41) is 2.63. The summed E-state index contributed by atoms with van der Waals surface area (Å²) in [5.41, 5.74) is 0.478. The first kappa shape index (κ1) is 12.7. The molecule has 7 nitrogen and oxygen atoms in total. The molecule has 0 aromatic carbocycles. The van der Waals surface area contributed by atoms with Gasteiger partial charge in [0.05, 0.1) is 14.2 Å². The molecule has 7 heteroatoms. The van der Waals surface area contributed by atoms with Gasteiger partial charge >= 0.3 is 6.01 Å². The summed E-state index contributed by atoms with van der Waals surface area (Å²) < 4.78 is 9.91. The van der Waals surface area contributed by atoms with E-state index < -0.39 is 0 Å². The van der Waals surface area contributed by atoms with Crippen LogP contribution in [0, 0.1) is 0 Å². The third-order valence-electron chi connectivity index (χ3n) is 2.26. The van der Waals surface area contributed by atoms with Crippen molar-refractivity contribution in [3.8, 4) is 11.9 Å². The van der Waals surface area contributed by atoms with Gasteiger partial charge < -0.3 is 14.8 Å². The van der Waals surface area contributed by atoms with Gasteiger partial charge in [-0.15, -0.1) is 0 Å². The molecule has 0 aliphatic rings. The molecule has 0 aliphatic carbocycles. The largest absolute Gasteiger partial charge is 0.481 e. The number of hydrogen-bond acceptors (Lipinski definition) is 6. The van der Waals surface area contributed by atoms with E-state index in [1.54, 1.807) is 12.1 Å². The molecule has 19 heavy (non-hydrogen) atoms. The lowest BCUT2D eigenvalue weighted by Gasteiger charge is -2.07. The predicted octanol–water partition coefficient (Wildman–Crippen LogP) is 1.14. The number of rotatable bonds is 4. The Labute approximate surface area is 109 Å².